The van der Waals surface area contributed by atoms with Crippen LogP contribution in [0.3, 0.4) is 0 Å². The standard InChI is InChI=1S/C23H22Cl3F3N2O/c24-17-8-16(9-18(25)10-17)22(23(27,28)29)5-6-31(13-22)19-4-3-15(20(26)11-19)12-30-21(32)7-14-1-2-14/h3-4,8-11,14H,1-2,5-7,12-13H2,(H,30,32). The first kappa shape index (κ1) is 23.5. The fourth-order valence-corrected chi connectivity index (χ4v) is 4.99. The van der Waals surface area contributed by atoms with Crippen molar-refractivity contribution in [1.29, 1.82) is 0 Å². The first-order valence-corrected chi connectivity index (χ1v) is 11.5. The van der Waals surface area contributed by atoms with E-state index in [4.69, 9.17) is 34.8 Å². The largest absolute Gasteiger partial charge is 0.400 e. The monoisotopic (exact) mass is 504 g/mol. The second-order valence-corrected chi connectivity index (χ2v) is 9.89. The molecule has 1 unspecified atom stereocenters. The van der Waals surface area contributed by atoms with Crippen LogP contribution in [-0.4, -0.2) is 25.2 Å². The van der Waals surface area contributed by atoms with Crippen molar-refractivity contribution in [2.45, 2.75) is 43.8 Å². The van der Waals surface area contributed by atoms with Crippen molar-refractivity contribution in [3.05, 3.63) is 62.6 Å². The number of amides is 1. The molecule has 0 radical (unpaired) electrons. The van der Waals surface area contributed by atoms with Gasteiger partial charge in [0, 0.05) is 46.8 Å². The number of alkyl halides is 3. The van der Waals surface area contributed by atoms with Crippen LogP contribution in [0.15, 0.2) is 36.4 Å². The Kier molecular flexibility index (Phi) is 6.59. The lowest BCUT2D eigenvalue weighted by Crippen LogP contribution is -2.44. The smallest absolute Gasteiger partial charge is 0.370 e. The van der Waals surface area contributed by atoms with Crippen LogP contribution in [0.4, 0.5) is 18.9 Å². The quantitative estimate of drug-likeness (QED) is 0.470. The highest BCUT2D eigenvalue weighted by Crippen LogP contribution is 2.49. The molecule has 32 heavy (non-hydrogen) atoms. The number of benzene rings is 2. The number of halogens is 6. The Morgan fingerprint density at radius 3 is 2.38 bits per heavy atom. The molecule has 2 fully saturated rings. The predicted octanol–water partition coefficient (Wildman–Crippen LogP) is 6.77. The molecule has 2 aromatic carbocycles. The molecule has 1 aliphatic heterocycles. The van der Waals surface area contributed by atoms with Gasteiger partial charge >= 0.3 is 6.18 Å². The minimum atomic E-state index is -4.48. The van der Waals surface area contributed by atoms with Gasteiger partial charge in [-0.1, -0.05) is 40.9 Å². The number of hydrogen-bond donors (Lipinski definition) is 1. The molecule has 1 saturated heterocycles. The lowest BCUT2D eigenvalue weighted by molar-refractivity contribution is -0.184. The van der Waals surface area contributed by atoms with Gasteiger partial charge in [0.2, 0.25) is 5.91 Å². The molecule has 3 nitrogen and oxygen atoms in total. The molecule has 1 atom stereocenters. The third-order valence-corrected chi connectivity index (χ3v) is 7.06. The molecule has 9 heteroatoms. The maximum absolute atomic E-state index is 14.3. The molecule has 1 N–H and O–H groups in total. The highest BCUT2D eigenvalue weighted by Gasteiger charge is 2.59. The van der Waals surface area contributed by atoms with E-state index >= 15 is 0 Å². The third kappa shape index (κ3) is 4.97. The Morgan fingerprint density at radius 2 is 1.78 bits per heavy atom. The number of anilines is 1. The first-order valence-electron chi connectivity index (χ1n) is 10.4. The molecule has 1 amide bonds. The molecular formula is C23H22Cl3F3N2O. The van der Waals surface area contributed by atoms with Crippen LogP contribution in [0, 0.1) is 5.92 Å². The zero-order valence-corrected chi connectivity index (χ0v) is 19.4. The molecule has 4 rings (SSSR count). The summed E-state index contributed by atoms with van der Waals surface area (Å²) in [6.07, 6.45) is -1.88. The van der Waals surface area contributed by atoms with Crippen LogP contribution < -0.4 is 10.2 Å². The maximum Gasteiger partial charge on any atom is 0.400 e. The normalized spacial score (nSPS) is 21.1. The Morgan fingerprint density at radius 1 is 1.09 bits per heavy atom. The van der Waals surface area contributed by atoms with E-state index in [1.54, 1.807) is 23.1 Å². The van der Waals surface area contributed by atoms with E-state index in [1.807, 2.05) is 0 Å². The molecule has 2 aromatic rings. The van der Waals surface area contributed by atoms with E-state index in [0.29, 0.717) is 23.0 Å². The van der Waals surface area contributed by atoms with Gasteiger partial charge in [0.1, 0.15) is 5.41 Å². The van der Waals surface area contributed by atoms with E-state index in [-0.39, 0.29) is 47.6 Å². The van der Waals surface area contributed by atoms with Gasteiger partial charge in [0.15, 0.2) is 0 Å². The number of carbonyl (C=O) groups is 1. The molecule has 1 saturated carbocycles. The summed E-state index contributed by atoms with van der Waals surface area (Å²) in [7, 11) is 0. The molecular weight excluding hydrogens is 484 g/mol. The third-order valence-electron chi connectivity index (χ3n) is 6.28. The van der Waals surface area contributed by atoms with Crippen LogP contribution in [0.25, 0.3) is 0 Å². The molecule has 1 aliphatic carbocycles. The molecule has 0 aromatic heterocycles. The maximum atomic E-state index is 14.3. The lowest BCUT2D eigenvalue weighted by atomic mass is 9.79. The second-order valence-electron chi connectivity index (χ2n) is 8.61. The van der Waals surface area contributed by atoms with Crippen molar-refractivity contribution in [3.63, 3.8) is 0 Å². The van der Waals surface area contributed by atoms with Crippen molar-refractivity contribution in [3.8, 4) is 0 Å². The zero-order valence-electron chi connectivity index (χ0n) is 17.1. The van der Waals surface area contributed by atoms with Crippen molar-refractivity contribution in [2.24, 2.45) is 5.92 Å². The zero-order chi connectivity index (χ0) is 23.1. The van der Waals surface area contributed by atoms with Gasteiger partial charge in [0.25, 0.3) is 0 Å². The summed E-state index contributed by atoms with van der Waals surface area (Å²) >= 11 is 18.4. The summed E-state index contributed by atoms with van der Waals surface area (Å²) in [5.74, 6) is 0.480. The Hall–Kier alpha value is -1.63. The molecule has 2 aliphatic rings. The first-order chi connectivity index (χ1) is 15.1. The van der Waals surface area contributed by atoms with E-state index < -0.39 is 11.6 Å². The fourth-order valence-electron chi connectivity index (χ4n) is 4.22. The van der Waals surface area contributed by atoms with Gasteiger partial charge in [-0.05, 0) is 66.6 Å². The van der Waals surface area contributed by atoms with Crippen molar-refractivity contribution < 1.29 is 18.0 Å². The lowest BCUT2D eigenvalue weighted by Gasteiger charge is -2.33. The van der Waals surface area contributed by atoms with E-state index in [1.165, 1.54) is 18.2 Å². The summed E-state index contributed by atoms with van der Waals surface area (Å²) in [6.45, 7) is 0.233. The Labute approximate surface area is 199 Å². The second kappa shape index (κ2) is 8.96. The van der Waals surface area contributed by atoms with Crippen LogP contribution in [0.5, 0.6) is 0 Å². The predicted molar refractivity (Wildman–Crippen MR) is 122 cm³/mol. The summed E-state index contributed by atoms with van der Waals surface area (Å²) in [6, 6.07) is 9.24. The highest BCUT2D eigenvalue weighted by molar-refractivity contribution is 6.34. The van der Waals surface area contributed by atoms with E-state index in [2.05, 4.69) is 5.32 Å². The molecule has 0 spiro atoms. The number of hydrogen-bond acceptors (Lipinski definition) is 2. The molecule has 1 heterocycles. The van der Waals surface area contributed by atoms with Crippen LogP contribution in [0.1, 0.15) is 36.8 Å². The minimum Gasteiger partial charge on any atom is -0.370 e. The summed E-state index contributed by atoms with van der Waals surface area (Å²) < 4.78 is 42.9. The number of nitrogens with one attached hydrogen (secondary N) is 1. The minimum absolute atomic E-state index is 0.0117. The van der Waals surface area contributed by atoms with Crippen LogP contribution in [0.2, 0.25) is 15.1 Å². The van der Waals surface area contributed by atoms with Gasteiger partial charge in [-0.2, -0.15) is 13.2 Å². The Balaban J connectivity index is 1.51. The summed E-state index contributed by atoms with van der Waals surface area (Å²) in [5, 5.41) is 3.61. The highest BCUT2D eigenvalue weighted by atomic mass is 35.5. The van der Waals surface area contributed by atoms with Crippen molar-refractivity contribution in [1.82, 2.24) is 5.32 Å². The average molecular weight is 506 g/mol. The molecule has 0 bridgehead atoms. The van der Waals surface area contributed by atoms with Gasteiger partial charge in [-0.3, -0.25) is 4.79 Å². The van der Waals surface area contributed by atoms with E-state index in [9.17, 15) is 18.0 Å². The SMILES string of the molecule is O=C(CC1CC1)NCc1ccc(N2CCC(c3cc(Cl)cc(Cl)c3)(C(F)(F)F)C2)cc1Cl. The van der Waals surface area contributed by atoms with Crippen LogP contribution in [-0.2, 0) is 16.8 Å². The average Bonchev–Trinajstić information content (AvgIpc) is 3.38. The summed E-state index contributed by atoms with van der Waals surface area (Å²) in [4.78, 5) is 13.6. The van der Waals surface area contributed by atoms with Gasteiger partial charge in [-0.15, -0.1) is 0 Å². The summed E-state index contributed by atoms with van der Waals surface area (Å²) in [5.41, 5.74) is -0.695. The van der Waals surface area contributed by atoms with Crippen molar-refractivity contribution >= 4 is 46.4 Å². The fraction of sp³-hybridized carbons (Fsp3) is 0.435. The number of carbonyl (C=O) groups excluding carboxylic acids is 1. The topological polar surface area (TPSA) is 32.3 Å². The molecule has 172 valence electrons. The number of rotatable bonds is 6. The van der Waals surface area contributed by atoms with Crippen molar-refractivity contribution in [2.75, 3.05) is 18.0 Å². The van der Waals surface area contributed by atoms with Gasteiger partial charge in [-0.25, -0.2) is 0 Å². The van der Waals surface area contributed by atoms with E-state index in [0.717, 1.165) is 18.4 Å². The Bertz CT molecular complexity index is 1010. The van der Waals surface area contributed by atoms with Gasteiger partial charge in [0.05, 0.1) is 0 Å². The van der Waals surface area contributed by atoms with Gasteiger partial charge < -0.3 is 10.2 Å². The van der Waals surface area contributed by atoms with Crippen LogP contribution >= 0.6 is 34.8 Å². The number of nitrogens with zero attached hydrogens (tertiary/aromatic N) is 1.